The molecule has 6 nitrogen and oxygen atoms in total. The molecule has 0 unspecified atom stereocenters. The van der Waals surface area contributed by atoms with Crippen molar-refractivity contribution in [1.29, 1.82) is 0 Å². The second kappa shape index (κ2) is 5.87. The molecule has 0 aliphatic rings. The van der Waals surface area contributed by atoms with Crippen molar-refractivity contribution in [2.75, 3.05) is 7.11 Å². The standard InChI is InChI=1S/C14H19N3O3S/c1-10(2)17-9-12(14(16-17)21(15,18)19)8-11-4-6-13(20-3)7-5-11/h4-7,9-10H,8H2,1-3H3,(H2,15,18,19). The third-order valence-corrected chi connectivity index (χ3v) is 4.00. The lowest BCUT2D eigenvalue weighted by Crippen LogP contribution is -2.15. The van der Waals surface area contributed by atoms with Crippen LogP contribution in [0.25, 0.3) is 0 Å². The maximum Gasteiger partial charge on any atom is 0.257 e. The highest BCUT2D eigenvalue weighted by Gasteiger charge is 2.20. The molecule has 0 spiro atoms. The van der Waals surface area contributed by atoms with Gasteiger partial charge in [-0.1, -0.05) is 12.1 Å². The van der Waals surface area contributed by atoms with Crippen molar-refractivity contribution in [2.45, 2.75) is 31.3 Å². The van der Waals surface area contributed by atoms with E-state index < -0.39 is 10.0 Å². The minimum absolute atomic E-state index is 0.0629. The van der Waals surface area contributed by atoms with Gasteiger partial charge in [0.1, 0.15) is 5.75 Å². The van der Waals surface area contributed by atoms with E-state index in [1.165, 1.54) is 0 Å². The largest absolute Gasteiger partial charge is 0.497 e. The number of benzene rings is 1. The summed E-state index contributed by atoms with van der Waals surface area (Å²) in [6.07, 6.45) is 2.18. The molecule has 0 aliphatic carbocycles. The molecule has 0 radical (unpaired) electrons. The summed E-state index contributed by atoms with van der Waals surface area (Å²) in [6.45, 7) is 3.86. The molecular formula is C14H19N3O3S. The number of hydrogen-bond donors (Lipinski definition) is 1. The van der Waals surface area contributed by atoms with Crippen molar-refractivity contribution in [3.05, 3.63) is 41.6 Å². The third-order valence-electron chi connectivity index (χ3n) is 3.12. The van der Waals surface area contributed by atoms with Gasteiger partial charge in [0.05, 0.1) is 7.11 Å². The van der Waals surface area contributed by atoms with Gasteiger partial charge in [0.25, 0.3) is 10.0 Å². The molecule has 0 aliphatic heterocycles. The van der Waals surface area contributed by atoms with Crippen LogP contribution in [0.15, 0.2) is 35.5 Å². The van der Waals surface area contributed by atoms with Gasteiger partial charge in [-0.2, -0.15) is 5.10 Å². The van der Waals surface area contributed by atoms with Crippen LogP contribution in [0.1, 0.15) is 31.0 Å². The first-order chi connectivity index (χ1) is 9.81. The van der Waals surface area contributed by atoms with Crippen molar-refractivity contribution >= 4 is 10.0 Å². The fraction of sp³-hybridized carbons (Fsp3) is 0.357. The molecule has 114 valence electrons. The van der Waals surface area contributed by atoms with E-state index in [1.54, 1.807) is 18.0 Å². The highest BCUT2D eigenvalue weighted by molar-refractivity contribution is 7.89. The van der Waals surface area contributed by atoms with Gasteiger partial charge < -0.3 is 4.74 Å². The quantitative estimate of drug-likeness (QED) is 0.911. The Hall–Kier alpha value is -1.86. The number of nitrogens with two attached hydrogens (primary N) is 1. The highest BCUT2D eigenvalue weighted by Crippen LogP contribution is 2.20. The van der Waals surface area contributed by atoms with Crippen LogP contribution in [0.3, 0.4) is 0 Å². The number of rotatable bonds is 5. The molecular weight excluding hydrogens is 290 g/mol. The van der Waals surface area contributed by atoms with Gasteiger partial charge in [0.15, 0.2) is 5.03 Å². The summed E-state index contributed by atoms with van der Waals surface area (Å²) >= 11 is 0. The molecule has 0 amide bonds. The van der Waals surface area contributed by atoms with E-state index in [4.69, 9.17) is 9.88 Å². The molecule has 0 atom stereocenters. The zero-order valence-electron chi connectivity index (χ0n) is 12.3. The molecule has 0 saturated carbocycles. The lowest BCUT2D eigenvalue weighted by molar-refractivity contribution is 0.414. The summed E-state index contributed by atoms with van der Waals surface area (Å²) in [4.78, 5) is 0. The Kier molecular flexibility index (Phi) is 4.34. The van der Waals surface area contributed by atoms with Crippen LogP contribution in [0.4, 0.5) is 0 Å². The zero-order chi connectivity index (χ0) is 15.6. The van der Waals surface area contributed by atoms with Crippen molar-refractivity contribution in [3.8, 4) is 5.75 Å². The van der Waals surface area contributed by atoms with E-state index in [2.05, 4.69) is 5.10 Å². The van der Waals surface area contributed by atoms with E-state index in [0.29, 0.717) is 12.0 Å². The topological polar surface area (TPSA) is 87.2 Å². The van der Waals surface area contributed by atoms with Gasteiger partial charge in [0.2, 0.25) is 0 Å². The maximum absolute atomic E-state index is 11.7. The van der Waals surface area contributed by atoms with Gasteiger partial charge in [-0.3, -0.25) is 4.68 Å². The smallest absolute Gasteiger partial charge is 0.257 e. The molecule has 21 heavy (non-hydrogen) atoms. The molecule has 7 heteroatoms. The Morgan fingerprint density at radius 1 is 1.29 bits per heavy atom. The number of ether oxygens (including phenoxy) is 1. The highest BCUT2D eigenvalue weighted by atomic mass is 32.2. The summed E-state index contributed by atoms with van der Waals surface area (Å²) in [5.74, 6) is 0.753. The van der Waals surface area contributed by atoms with Gasteiger partial charge in [-0.25, -0.2) is 13.6 Å². The van der Waals surface area contributed by atoms with Crippen molar-refractivity contribution in [3.63, 3.8) is 0 Å². The molecule has 2 aromatic rings. The minimum Gasteiger partial charge on any atom is -0.497 e. The second-order valence-electron chi connectivity index (χ2n) is 5.10. The number of nitrogens with zero attached hydrogens (tertiary/aromatic N) is 2. The van der Waals surface area contributed by atoms with E-state index in [-0.39, 0.29) is 11.1 Å². The van der Waals surface area contributed by atoms with Crippen LogP contribution in [-0.4, -0.2) is 25.3 Å². The summed E-state index contributed by atoms with van der Waals surface area (Å²) in [5, 5.41) is 9.27. The van der Waals surface area contributed by atoms with Crippen molar-refractivity contribution in [1.82, 2.24) is 9.78 Å². The molecule has 2 N–H and O–H groups in total. The lowest BCUT2D eigenvalue weighted by atomic mass is 10.1. The van der Waals surface area contributed by atoms with Crippen LogP contribution in [0, 0.1) is 0 Å². The average molecular weight is 309 g/mol. The first kappa shape index (κ1) is 15.5. The van der Waals surface area contributed by atoms with Crippen LogP contribution < -0.4 is 9.88 Å². The van der Waals surface area contributed by atoms with E-state index >= 15 is 0 Å². The van der Waals surface area contributed by atoms with E-state index in [9.17, 15) is 8.42 Å². The van der Waals surface area contributed by atoms with Gasteiger partial charge in [-0.05, 0) is 31.5 Å². The van der Waals surface area contributed by atoms with Gasteiger partial charge in [-0.15, -0.1) is 0 Å². The Balaban J connectivity index is 2.37. The van der Waals surface area contributed by atoms with Gasteiger partial charge in [0, 0.05) is 24.2 Å². The summed E-state index contributed by atoms with van der Waals surface area (Å²) in [5.41, 5.74) is 1.56. The Labute approximate surface area is 124 Å². The third kappa shape index (κ3) is 3.62. The average Bonchev–Trinajstić information content (AvgIpc) is 2.84. The summed E-state index contributed by atoms with van der Waals surface area (Å²) < 4.78 is 30.0. The van der Waals surface area contributed by atoms with Crippen LogP contribution in [0.2, 0.25) is 0 Å². The predicted octanol–water partition coefficient (Wildman–Crippen LogP) is 1.71. The van der Waals surface area contributed by atoms with E-state index in [0.717, 1.165) is 11.3 Å². The Morgan fingerprint density at radius 3 is 2.38 bits per heavy atom. The molecule has 1 aromatic carbocycles. The second-order valence-corrected chi connectivity index (χ2v) is 6.58. The Morgan fingerprint density at radius 2 is 1.90 bits per heavy atom. The summed E-state index contributed by atoms with van der Waals surface area (Å²) in [7, 11) is -2.24. The number of aromatic nitrogens is 2. The van der Waals surface area contributed by atoms with E-state index in [1.807, 2.05) is 38.1 Å². The SMILES string of the molecule is COc1ccc(Cc2cn(C(C)C)nc2S(N)(=O)=O)cc1. The number of primary sulfonamides is 1. The van der Waals surface area contributed by atoms with Crippen molar-refractivity contribution in [2.24, 2.45) is 5.14 Å². The van der Waals surface area contributed by atoms with Crippen molar-refractivity contribution < 1.29 is 13.2 Å². The van der Waals surface area contributed by atoms with Crippen LogP contribution in [0.5, 0.6) is 5.75 Å². The fourth-order valence-corrected chi connectivity index (χ4v) is 2.70. The predicted molar refractivity (Wildman–Crippen MR) is 79.8 cm³/mol. The molecule has 0 saturated heterocycles. The molecule has 0 fully saturated rings. The maximum atomic E-state index is 11.7. The Bertz CT molecular complexity index is 718. The minimum atomic E-state index is -3.84. The number of hydrogen-bond acceptors (Lipinski definition) is 4. The normalized spacial score (nSPS) is 11.9. The number of sulfonamides is 1. The van der Waals surface area contributed by atoms with Gasteiger partial charge >= 0.3 is 0 Å². The lowest BCUT2D eigenvalue weighted by Gasteiger charge is -2.03. The molecule has 0 bridgehead atoms. The first-order valence-corrected chi connectivity index (χ1v) is 8.09. The molecule has 1 aromatic heterocycles. The first-order valence-electron chi connectivity index (χ1n) is 6.55. The fourth-order valence-electron chi connectivity index (χ4n) is 2.00. The number of methoxy groups -OCH3 is 1. The zero-order valence-corrected chi connectivity index (χ0v) is 13.1. The molecule has 1 heterocycles. The monoisotopic (exact) mass is 309 g/mol. The molecule has 2 rings (SSSR count). The van der Waals surface area contributed by atoms with Crippen LogP contribution >= 0.6 is 0 Å². The van der Waals surface area contributed by atoms with Crippen LogP contribution in [-0.2, 0) is 16.4 Å². The summed E-state index contributed by atoms with van der Waals surface area (Å²) in [6, 6.07) is 7.50.